The van der Waals surface area contributed by atoms with Gasteiger partial charge in [-0.05, 0) is 38.9 Å². The van der Waals surface area contributed by atoms with Gasteiger partial charge in [0.25, 0.3) is 0 Å². The second kappa shape index (κ2) is 7.47. The van der Waals surface area contributed by atoms with Crippen molar-refractivity contribution in [3.8, 4) is 0 Å². The van der Waals surface area contributed by atoms with Crippen LogP contribution in [0.4, 0.5) is 4.79 Å². The number of hydrogen-bond donors (Lipinski definition) is 2. The molecule has 0 aromatic heterocycles. The third-order valence-electron chi connectivity index (χ3n) is 4.31. The van der Waals surface area contributed by atoms with Crippen molar-refractivity contribution in [3.63, 3.8) is 0 Å². The first-order valence-electron chi connectivity index (χ1n) is 7.31. The van der Waals surface area contributed by atoms with Crippen LogP contribution in [0.25, 0.3) is 0 Å². The molecular weight excluding hydrogens is 258 g/mol. The van der Waals surface area contributed by atoms with Crippen molar-refractivity contribution in [2.24, 2.45) is 5.92 Å². The standard InChI is InChI=1S/C14H27N3O3/c1-5-10(2)12(13(18)19)15-14(20)17(4)11-6-8-16(3)9-7-11/h10-12H,5-9H2,1-4H3,(H,15,20)(H,18,19). The lowest BCUT2D eigenvalue weighted by atomic mass is 9.99. The fraction of sp³-hybridized carbons (Fsp3) is 0.857. The summed E-state index contributed by atoms with van der Waals surface area (Å²) >= 11 is 0. The average molecular weight is 285 g/mol. The molecule has 116 valence electrons. The molecule has 0 bridgehead atoms. The molecule has 2 amide bonds. The van der Waals surface area contributed by atoms with Gasteiger partial charge >= 0.3 is 12.0 Å². The number of urea groups is 1. The van der Waals surface area contributed by atoms with Gasteiger partial charge in [-0.25, -0.2) is 9.59 Å². The lowest BCUT2D eigenvalue weighted by molar-refractivity contribution is -0.140. The highest BCUT2D eigenvalue weighted by Gasteiger charge is 2.29. The molecule has 0 saturated carbocycles. The Morgan fingerprint density at radius 3 is 2.40 bits per heavy atom. The molecule has 1 saturated heterocycles. The Hall–Kier alpha value is -1.30. The predicted octanol–water partition coefficient (Wildman–Crippen LogP) is 1.22. The summed E-state index contributed by atoms with van der Waals surface area (Å²) < 4.78 is 0. The fourth-order valence-corrected chi connectivity index (χ4v) is 2.47. The Bertz CT molecular complexity index is 341. The van der Waals surface area contributed by atoms with E-state index in [2.05, 4.69) is 17.3 Å². The number of rotatable bonds is 5. The quantitative estimate of drug-likeness (QED) is 0.796. The smallest absolute Gasteiger partial charge is 0.326 e. The van der Waals surface area contributed by atoms with Crippen molar-refractivity contribution >= 4 is 12.0 Å². The van der Waals surface area contributed by atoms with Crippen LogP contribution in [0.2, 0.25) is 0 Å². The van der Waals surface area contributed by atoms with E-state index in [0.717, 1.165) is 32.4 Å². The van der Waals surface area contributed by atoms with Crippen LogP contribution < -0.4 is 5.32 Å². The molecule has 2 unspecified atom stereocenters. The van der Waals surface area contributed by atoms with Crippen LogP contribution in [0.3, 0.4) is 0 Å². The summed E-state index contributed by atoms with van der Waals surface area (Å²) in [6.45, 7) is 5.70. The van der Waals surface area contributed by atoms with Crippen LogP contribution in [0.5, 0.6) is 0 Å². The van der Waals surface area contributed by atoms with Crippen LogP contribution in [-0.4, -0.2) is 66.2 Å². The first-order valence-corrected chi connectivity index (χ1v) is 7.31. The zero-order valence-corrected chi connectivity index (χ0v) is 12.9. The number of nitrogens with zero attached hydrogens (tertiary/aromatic N) is 2. The Kier molecular flexibility index (Phi) is 6.26. The van der Waals surface area contributed by atoms with E-state index in [1.54, 1.807) is 11.9 Å². The van der Waals surface area contributed by atoms with Gasteiger partial charge in [-0.3, -0.25) is 0 Å². The Morgan fingerprint density at radius 2 is 1.95 bits per heavy atom. The van der Waals surface area contributed by atoms with Crippen molar-refractivity contribution in [2.45, 2.75) is 45.2 Å². The van der Waals surface area contributed by atoms with Gasteiger partial charge in [0.2, 0.25) is 0 Å². The molecule has 1 aliphatic rings. The summed E-state index contributed by atoms with van der Waals surface area (Å²) in [7, 11) is 3.82. The Balaban J connectivity index is 2.57. The number of carbonyl (C=O) groups excluding carboxylic acids is 1. The topological polar surface area (TPSA) is 72.9 Å². The van der Waals surface area contributed by atoms with Crippen LogP contribution in [-0.2, 0) is 4.79 Å². The summed E-state index contributed by atoms with van der Waals surface area (Å²) in [5.41, 5.74) is 0. The predicted molar refractivity (Wildman–Crippen MR) is 77.7 cm³/mol. The SMILES string of the molecule is CCC(C)C(NC(=O)N(C)C1CCN(C)CC1)C(=O)O. The highest BCUT2D eigenvalue weighted by atomic mass is 16.4. The lowest BCUT2D eigenvalue weighted by Gasteiger charge is -2.35. The summed E-state index contributed by atoms with van der Waals surface area (Å²) in [4.78, 5) is 27.3. The van der Waals surface area contributed by atoms with E-state index in [1.807, 2.05) is 13.8 Å². The van der Waals surface area contributed by atoms with E-state index < -0.39 is 12.0 Å². The number of aliphatic carboxylic acids is 1. The van der Waals surface area contributed by atoms with Gasteiger partial charge in [0.15, 0.2) is 0 Å². The number of hydrogen-bond acceptors (Lipinski definition) is 3. The molecule has 1 fully saturated rings. The molecule has 0 radical (unpaired) electrons. The molecular formula is C14H27N3O3. The molecule has 0 aromatic carbocycles. The van der Waals surface area contributed by atoms with Crippen LogP contribution >= 0.6 is 0 Å². The van der Waals surface area contributed by atoms with Crippen LogP contribution in [0.15, 0.2) is 0 Å². The molecule has 20 heavy (non-hydrogen) atoms. The lowest BCUT2D eigenvalue weighted by Crippen LogP contribution is -2.53. The molecule has 0 aliphatic carbocycles. The van der Waals surface area contributed by atoms with Crippen molar-refractivity contribution < 1.29 is 14.7 Å². The maximum absolute atomic E-state index is 12.2. The largest absolute Gasteiger partial charge is 0.480 e. The Morgan fingerprint density at radius 1 is 1.40 bits per heavy atom. The summed E-state index contributed by atoms with van der Waals surface area (Å²) in [6.07, 6.45) is 2.58. The van der Waals surface area contributed by atoms with Gasteiger partial charge in [-0.1, -0.05) is 20.3 Å². The minimum atomic E-state index is -0.968. The average Bonchev–Trinajstić information content (AvgIpc) is 2.43. The molecule has 0 spiro atoms. The van der Waals surface area contributed by atoms with Crippen molar-refractivity contribution in [3.05, 3.63) is 0 Å². The first kappa shape index (κ1) is 16.8. The number of carboxylic acid groups (broad SMARTS) is 1. The van der Waals surface area contributed by atoms with Gasteiger partial charge in [0.1, 0.15) is 6.04 Å². The maximum atomic E-state index is 12.2. The third-order valence-corrected chi connectivity index (χ3v) is 4.31. The fourth-order valence-electron chi connectivity index (χ4n) is 2.47. The van der Waals surface area contributed by atoms with Crippen molar-refractivity contribution in [1.82, 2.24) is 15.1 Å². The van der Waals surface area contributed by atoms with Gasteiger partial charge in [-0.2, -0.15) is 0 Å². The molecule has 2 atom stereocenters. The van der Waals surface area contributed by atoms with Crippen LogP contribution in [0, 0.1) is 5.92 Å². The van der Waals surface area contributed by atoms with Crippen molar-refractivity contribution in [2.75, 3.05) is 27.2 Å². The highest BCUT2D eigenvalue weighted by Crippen LogP contribution is 2.15. The van der Waals surface area contributed by atoms with E-state index in [4.69, 9.17) is 0 Å². The second-order valence-electron chi connectivity index (χ2n) is 5.80. The zero-order chi connectivity index (χ0) is 15.3. The normalized spacial score (nSPS) is 20.2. The van der Waals surface area contributed by atoms with E-state index >= 15 is 0 Å². The maximum Gasteiger partial charge on any atom is 0.326 e. The summed E-state index contributed by atoms with van der Waals surface area (Å²) in [5.74, 6) is -1.05. The molecule has 1 aliphatic heterocycles. The third kappa shape index (κ3) is 4.37. The molecule has 2 N–H and O–H groups in total. The molecule has 6 heteroatoms. The van der Waals surface area contributed by atoms with Gasteiger partial charge < -0.3 is 20.2 Å². The summed E-state index contributed by atoms with van der Waals surface area (Å²) in [5, 5.41) is 11.9. The first-order chi connectivity index (χ1) is 9.36. The van der Waals surface area contributed by atoms with Gasteiger partial charge in [0.05, 0.1) is 0 Å². The van der Waals surface area contributed by atoms with Gasteiger partial charge in [-0.15, -0.1) is 0 Å². The minimum absolute atomic E-state index is 0.0812. The second-order valence-corrected chi connectivity index (χ2v) is 5.80. The number of nitrogens with one attached hydrogen (secondary N) is 1. The molecule has 6 nitrogen and oxygen atoms in total. The van der Waals surface area contributed by atoms with E-state index in [-0.39, 0.29) is 18.0 Å². The van der Waals surface area contributed by atoms with E-state index in [0.29, 0.717) is 0 Å². The number of carboxylic acids is 1. The van der Waals surface area contributed by atoms with Crippen LogP contribution in [0.1, 0.15) is 33.1 Å². The molecule has 0 aromatic rings. The molecule has 1 rings (SSSR count). The zero-order valence-electron chi connectivity index (χ0n) is 12.9. The van der Waals surface area contributed by atoms with E-state index in [1.165, 1.54) is 0 Å². The number of likely N-dealkylation sites (tertiary alicyclic amines) is 1. The number of piperidine rings is 1. The minimum Gasteiger partial charge on any atom is -0.480 e. The van der Waals surface area contributed by atoms with Gasteiger partial charge in [0, 0.05) is 13.1 Å². The van der Waals surface area contributed by atoms with Crippen molar-refractivity contribution in [1.29, 1.82) is 0 Å². The summed E-state index contributed by atoms with van der Waals surface area (Å²) in [6, 6.07) is -0.911. The molecule has 1 heterocycles. The number of amides is 2. The number of carbonyl (C=O) groups is 2. The monoisotopic (exact) mass is 285 g/mol. The highest BCUT2D eigenvalue weighted by molar-refractivity contribution is 5.82. The van der Waals surface area contributed by atoms with E-state index in [9.17, 15) is 14.7 Å². The Labute approximate surface area is 121 Å².